The Balaban J connectivity index is 0.000000902. The predicted octanol–water partition coefficient (Wildman–Crippen LogP) is 3.50. The summed E-state index contributed by atoms with van der Waals surface area (Å²) in [5, 5.41) is 7.96. The van der Waals surface area contributed by atoms with Gasteiger partial charge in [-0.2, -0.15) is 11.3 Å². The Hall–Kier alpha value is -1.22. The first-order valence-electron chi connectivity index (χ1n) is 5.06. The minimum absolute atomic E-state index is 0. The fourth-order valence-corrected chi connectivity index (χ4v) is 3.03. The van der Waals surface area contributed by atoms with Crippen LogP contribution in [0.4, 0.5) is 0 Å². The average Bonchev–Trinajstić information content (AvgIpc) is 2.98. The van der Waals surface area contributed by atoms with Crippen molar-refractivity contribution >= 4 is 38.7 Å². The second-order valence-electron chi connectivity index (χ2n) is 3.75. The Labute approximate surface area is 115 Å². The predicted molar refractivity (Wildman–Crippen MR) is 66.9 cm³/mol. The summed E-state index contributed by atoms with van der Waals surface area (Å²) >= 11 is 1.72. The van der Waals surface area contributed by atoms with Gasteiger partial charge in [0.2, 0.25) is 0 Å². The standard InChI is InChI=1S/C13H7N2S.Ir/c1-2-4-10-9(3-1)11-7-16-8-12(11)15-6-5-14-13(10)15;/h1-3,5-8H;/q-1;. The fraction of sp³-hybridized carbons (Fsp3) is 0. The summed E-state index contributed by atoms with van der Waals surface area (Å²) in [6, 6.07) is 9.38. The van der Waals surface area contributed by atoms with Crippen LogP contribution in [-0.2, 0) is 20.1 Å². The fourth-order valence-electron chi connectivity index (χ4n) is 2.21. The summed E-state index contributed by atoms with van der Waals surface area (Å²) in [7, 11) is 0. The van der Waals surface area contributed by atoms with Gasteiger partial charge in [0.05, 0.1) is 5.65 Å². The summed E-state index contributed by atoms with van der Waals surface area (Å²) in [4.78, 5) is 4.41. The second kappa shape index (κ2) is 3.91. The molecule has 3 aromatic heterocycles. The van der Waals surface area contributed by atoms with Crippen molar-refractivity contribution < 1.29 is 20.1 Å². The van der Waals surface area contributed by atoms with Gasteiger partial charge in [-0.1, -0.05) is 5.39 Å². The molecule has 0 spiro atoms. The molecule has 0 atom stereocenters. The van der Waals surface area contributed by atoms with Crippen molar-refractivity contribution in [3.63, 3.8) is 0 Å². The number of aromatic nitrogens is 2. The van der Waals surface area contributed by atoms with Gasteiger partial charge < -0.3 is 4.40 Å². The third-order valence-electron chi connectivity index (χ3n) is 2.91. The number of benzene rings is 1. The number of hydrogen-bond donors (Lipinski definition) is 0. The monoisotopic (exact) mass is 416 g/mol. The van der Waals surface area contributed by atoms with E-state index in [1.807, 2.05) is 24.5 Å². The largest absolute Gasteiger partial charge is 0.339 e. The number of hydrogen-bond acceptors (Lipinski definition) is 2. The SMILES string of the molecule is [Ir].[c-]1cccc2c1c1nccn1c1cscc21. The molecule has 3 heterocycles. The van der Waals surface area contributed by atoms with E-state index in [0.29, 0.717) is 0 Å². The zero-order valence-electron chi connectivity index (χ0n) is 8.68. The smallest absolute Gasteiger partial charge is 0.0608 e. The van der Waals surface area contributed by atoms with Gasteiger partial charge in [-0.05, 0) is 10.8 Å². The molecule has 0 N–H and O–H groups in total. The Morgan fingerprint density at radius 2 is 2.18 bits per heavy atom. The molecule has 4 rings (SSSR count). The summed E-state index contributed by atoms with van der Waals surface area (Å²) in [6.45, 7) is 0. The van der Waals surface area contributed by atoms with E-state index in [4.69, 9.17) is 0 Å². The quantitative estimate of drug-likeness (QED) is 0.402. The van der Waals surface area contributed by atoms with E-state index in [0.717, 1.165) is 11.0 Å². The van der Waals surface area contributed by atoms with E-state index in [2.05, 4.69) is 32.3 Å². The average molecular weight is 415 g/mol. The molecule has 85 valence electrons. The number of imidazole rings is 1. The maximum atomic E-state index is 4.41. The summed E-state index contributed by atoms with van der Waals surface area (Å²) in [6.07, 6.45) is 3.84. The van der Waals surface area contributed by atoms with Crippen LogP contribution in [0.1, 0.15) is 0 Å². The first kappa shape index (κ1) is 10.9. The molecule has 1 aromatic carbocycles. The molecule has 0 bridgehead atoms. The Morgan fingerprint density at radius 1 is 1.24 bits per heavy atom. The number of thiophene rings is 1. The van der Waals surface area contributed by atoms with Crippen LogP contribution >= 0.6 is 11.3 Å². The van der Waals surface area contributed by atoms with Gasteiger partial charge in [0.1, 0.15) is 0 Å². The summed E-state index contributed by atoms with van der Waals surface area (Å²) in [5.74, 6) is 0. The van der Waals surface area contributed by atoms with Gasteiger partial charge in [-0.15, -0.1) is 29.7 Å². The third-order valence-corrected chi connectivity index (χ3v) is 3.64. The molecule has 0 aliphatic rings. The van der Waals surface area contributed by atoms with Crippen molar-refractivity contribution in [1.82, 2.24) is 9.38 Å². The van der Waals surface area contributed by atoms with Crippen LogP contribution in [0.3, 0.4) is 0 Å². The van der Waals surface area contributed by atoms with Gasteiger partial charge in [0, 0.05) is 43.4 Å². The van der Waals surface area contributed by atoms with Crippen LogP contribution in [0.25, 0.3) is 27.3 Å². The van der Waals surface area contributed by atoms with Crippen molar-refractivity contribution in [2.75, 3.05) is 0 Å². The van der Waals surface area contributed by atoms with Crippen molar-refractivity contribution in [1.29, 1.82) is 0 Å². The third kappa shape index (κ3) is 1.38. The van der Waals surface area contributed by atoms with Crippen LogP contribution in [0.15, 0.2) is 41.4 Å². The molecule has 0 saturated heterocycles. The van der Waals surface area contributed by atoms with E-state index in [-0.39, 0.29) is 20.1 Å². The molecular formula is C13H7IrN2S-. The first-order chi connectivity index (χ1) is 7.95. The van der Waals surface area contributed by atoms with E-state index in [1.165, 1.54) is 16.3 Å². The van der Waals surface area contributed by atoms with Crippen molar-refractivity contribution in [3.8, 4) is 0 Å². The molecule has 1 radical (unpaired) electrons. The zero-order chi connectivity index (χ0) is 10.5. The van der Waals surface area contributed by atoms with Gasteiger partial charge >= 0.3 is 0 Å². The van der Waals surface area contributed by atoms with Crippen LogP contribution in [0.2, 0.25) is 0 Å². The van der Waals surface area contributed by atoms with Crippen molar-refractivity contribution in [2.24, 2.45) is 0 Å². The van der Waals surface area contributed by atoms with E-state index >= 15 is 0 Å². The van der Waals surface area contributed by atoms with E-state index < -0.39 is 0 Å². The molecule has 0 saturated carbocycles. The molecular weight excluding hydrogens is 408 g/mol. The molecule has 0 aliphatic carbocycles. The van der Waals surface area contributed by atoms with Gasteiger partial charge in [-0.3, -0.25) is 4.98 Å². The molecule has 0 fully saturated rings. The Morgan fingerprint density at radius 3 is 3.12 bits per heavy atom. The Bertz CT molecular complexity index is 747. The van der Waals surface area contributed by atoms with Crippen LogP contribution in [0, 0.1) is 6.07 Å². The Kier molecular flexibility index (Phi) is 2.51. The molecule has 17 heavy (non-hydrogen) atoms. The summed E-state index contributed by atoms with van der Waals surface area (Å²) in [5.41, 5.74) is 2.21. The molecule has 2 nitrogen and oxygen atoms in total. The second-order valence-corrected chi connectivity index (χ2v) is 4.49. The van der Waals surface area contributed by atoms with Crippen LogP contribution < -0.4 is 0 Å². The molecule has 0 aliphatic heterocycles. The summed E-state index contributed by atoms with van der Waals surface area (Å²) < 4.78 is 2.13. The molecule has 0 unspecified atom stereocenters. The number of nitrogens with zero attached hydrogens (tertiary/aromatic N) is 2. The molecule has 0 amide bonds. The zero-order valence-corrected chi connectivity index (χ0v) is 11.9. The topological polar surface area (TPSA) is 17.3 Å². The maximum Gasteiger partial charge on any atom is 0.0608 e. The number of pyridine rings is 1. The number of fused-ring (bicyclic) bond motifs is 6. The van der Waals surface area contributed by atoms with Crippen LogP contribution in [-0.4, -0.2) is 9.38 Å². The van der Waals surface area contributed by atoms with E-state index in [1.54, 1.807) is 11.3 Å². The normalized spacial score (nSPS) is 11.1. The first-order valence-corrected chi connectivity index (χ1v) is 6.01. The van der Waals surface area contributed by atoms with Crippen molar-refractivity contribution in [3.05, 3.63) is 47.4 Å². The molecule has 4 aromatic rings. The van der Waals surface area contributed by atoms with Gasteiger partial charge in [0.25, 0.3) is 0 Å². The van der Waals surface area contributed by atoms with Gasteiger partial charge in [0.15, 0.2) is 0 Å². The number of rotatable bonds is 0. The van der Waals surface area contributed by atoms with Crippen LogP contribution in [0.5, 0.6) is 0 Å². The van der Waals surface area contributed by atoms with E-state index in [9.17, 15) is 0 Å². The maximum absolute atomic E-state index is 4.41. The minimum Gasteiger partial charge on any atom is -0.339 e. The molecule has 4 heteroatoms. The minimum atomic E-state index is 0. The van der Waals surface area contributed by atoms with Gasteiger partial charge in [-0.25, -0.2) is 0 Å². The van der Waals surface area contributed by atoms with Crippen molar-refractivity contribution in [2.45, 2.75) is 0 Å².